The quantitative estimate of drug-likeness (QED) is 0.429. The summed E-state index contributed by atoms with van der Waals surface area (Å²) in [6.07, 6.45) is 1.96. The summed E-state index contributed by atoms with van der Waals surface area (Å²) in [7, 11) is 1.54. The van der Waals surface area contributed by atoms with Gasteiger partial charge in [0.15, 0.2) is 0 Å². The van der Waals surface area contributed by atoms with Crippen LogP contribution in [-0.2, 0) is 11.3 Å². The Kier molecular flexibility index (Phi) is 5.53. The summed E-state index contributed by atoms with van der Waals surface area (Å²) in [6.45, 7) is 0.543. The average Bonchev–Trinajstić information content (AvgIpc) is 3.37. The van der Waals surface area contributed by atoms with Crippen molar-refractivity contribution in [3.05, 3.63) is 59.3 Å². The average molecular weight is 417 g/mol. The summed E-state index contributed by atoms with van der Waals surface area (Å²) in [6, 6.07) is 9.52. The standard InChI is InChI=1S/C22H19N5O4/c1-31-17-8-6-15-11-27(21(29)18(15)9-17)12-16(25-22(30)23-13-28)7-5-14-3-2-4-20-19(14)10-24-26-20/h2-4,6,8-10,13,16H,11-12H2,1H3,(H,24,26)(H2,23,25,28,30)/t16-/m1/s1. The Hall–Kier alpha value is -4.32. The number of carbonyl (C=O) groups is 3. The second-order valence-corrected chi connectivity index (χ2v) is 6.90. The van der Waals surface area contributed by atoms with Crippen LogP contribution >= 0.6 is 0 Å². The van der Waals surface area contributed by atoms with E-state index in [9.17, 15) is 14.4 Å². The second-order valence-electron chi connectivity index (χ2n) is 6.90. The Morgan fingerprint density at radius 3 is 3.06 bits per heavy atom. The van der Waals surface area contributed by atoms with Crippen LogP contribution in [0.15, 0.2) is 42.6 Å². The van der Waals surface area contributed by atoms with Gasteiger partial charge in [-0.15, -0.1) is 0 Å². The van der Waals surface area contributed by atoms with E-state index in [-0.39, 0.29) is 18.9 Å². The van der Waals surface area contributed by atoms with Crippen LogP contribution in [0.3, 0.4) is 0 Å². The fourth-order valence-corrected chi connectivity index (χ4v) is 3.46. The molecule has 9 nitrogen and oxygen atoms in total. The van der Waals surface area contributed by atoms with Crippen molar-refractivity contribution in [3.8, 4) is 17.6 Å². The van der Waals surface area contributed by atoms with Gasteiger partial charge in [-0.3, -0.25) is 20.0 Å². The van der Waals surface area contributed by atoms with Gasteiger partial charge in [0.1, 0.15) is 11.8 Å². The smallest absolute Gasteiger partial charge is 0.322 e. The van der Waals surface area contributed by atoms with Gasteiger partial charge in [-0.25, -0.2) is 4.79 Å². The summed E-state index contributed by atoms with van der Waals surface area (Å²) in [5, 5.41) is 12.4. The molecule has 0 spiro atoms. The topological polar surface area (TPSA) is 116 Å². The summed E-state index contributed by atoms with van der Waals surface area (Å²) >= 11 is 0. The van der Waals surface area contributed by atoms with Crippen LogP contribution in [-0.4, -0.2) is 53.1 Å². The van der Waals surface area contributed by atoms with E-state index in [0.717, 1.165) is 22.0 Å². The number of carbonyl (C=O) groups excluding carboxylic acids is 3. The van der Waals surface area contributed by atoms with Crippen LogP contribution in [0, 0.1) is 11.8 Å². The monoisotopic (exact) mass is 417 g/mol. The molecule has 1 aliphatic heterocycles. The Morgan fingerprint density at radius 2 is 2.26 bits per heavy atom. The maximum atomic E-state index is 12.9. The van der Waals surface area contributed by atoms with Gasteiger partial charge in [0.25, 0.3) is 5.91 Å². The number of benzene rings is 2. The first kappa shape index (κ1) is 20.0. The number of nitrogens with one attached hydrogen (secondary N) is 3. The maximum Gasteiger partial charge on any atom is 0.322 e. The molecule has 156 valence electrons. The predicted octanol–water partition coefficient (Wildman–Crippen LogP) is 1.40. The molecule has 0 radical (unpaired) electrons. The molecule has 1 aromatic heterocycles. The third-order valence-electron chi connectivity index (χ3n) is 4.96. The summed E-state index contributed by atoms with van der Waals surface area (Å²) in [5.41, 5.74) is 3.01. The lowest BCUT2D eigenvalue weighted by atomic mass is 10.1. The Morgan fingerprint density at radius 1 is 1.39 bits per heavy atom. The number of imide groups is 1. The number of methoxy groups -OCH3 is 1. The van der Waals surface area contributed by atoms with E-state index in [4.69, 9.17) is 4.74 Å². The molecule has 2 heterocycles. The van der Waals surface area contributed by atoms with Crippen LogP contribution in [0.4, 0.5) is 4.79 Å². The zero-order valence-corrected chi connectivity index (χ0v) is 16.6. The normalized spacial score (nSPS) is 13.2. The highest BCUT2D eigenvalue weighted by Crippen LogP contribution is 2.26. The first-order valence-corrected chi connectivity index (χ1v) is 9.49. The van der Waals surface area contributed by atoms with Crippen LogP contribution in [0.25, 0.3) is 10.9 Å². The molecule has 0 aliphatic carbocycles. The van der Waals surface area contributed by atoms with E-state index in [1.54, 1.807) is 30.3 Å². The van der Waals surface area contributed by atoms with Gasteiger partial charge in [0.05, 0.1) is 25.4 Å². The molecule has 2 aromatic carbocycles. The van der Waals surface area contributed by atoms with Crippen LogP contribution in [0.2, 0.25) is 0 Å². The molecule has 4 rings (SSSR count). The Balaban J connectivity index is 1.58. The molecule has 31 heavy (non-hydrogen) atoms. The van der Waals surface area contributed by atoms with E-state index in [0.29, 0.717) is 17.9 Å². The van der Waals surface area contributed by atoms with E-state index in [2.05, 4.69) is 27.4 Å². The lowest BCUT2D eigenvalue weighted by molar-refractivity contribution is -0.108. The van der Waals surface area contributed by atoms with E-state index < -0.39 is 12.1 Å². The van der Waals surface area contributed by atoms with Gasteiger partial charge in [-0.1, -0.05) is 24.0 Å². The number of urea groups is 1. The van der Waals surface area contributed by atoms with Gasteiger partial charge >= 0.3 is 6.03 Å². The van der Waals surface area contributed by atoms with Crippen molar-refractivity contribution in [2.75, 3.05) is 13.7 Å². The van der Waals surface area contributed by atoms with Crippen molar-refractivity contribution >= 4 is 29.3 Å². The number of H-pyrrole nitrogens is 1. The van der Waals surface area contributed by atoms with Crippen molar-refractivity contribution in [1.82, 2.24) is 25.7 Å². The fraction of sp³-hybridized carbons (Fsp3) is 0.182. The van der Waals surface area contributed by atoms with Gasteiger partial charge < -0.3 is 15.0 Å². The minimum Gasteiger partial charge on any atom is -0.497 e. The van der Waals surface area contributed by atoms with Crippen molar-refractivity contribution in [2.45, 2.75) is 12.6 Å². The molecule has 3 aromatic rings. The summed E-state index contributed by atoms with van der Waals surface area (Å²) in [4.78, 5) is 37.0. The number of aromatic amines is 1. The van der Waals surface area contributed by atoms with Crippen molar-refractivity contribution in [1.29, 1.82) is 0 Å². The molecule has 1 atom stereocenters. The van der Waals surface area contributed by atoms with Crippen molar-refractivity contribution in [2.24, 2.45) is 0 Å². The molecule has 0 saturated heterocycles. The lowest BCUT2D eigenvalue weighted by Crippen LogP contribution is -2.46. The second kappa shape index (κ2) is 8.59. The molecule has 0 unspecified atom stereocenters. The lowest BCUT2D eigenvalue weighted by Gasteiger charge is -2.21. The third-order valence-corrected chi connectivity index (χ3v) is 4.96. The Labute approximate surface area is 177 Å². The highest BCUT2D eigenvalue weighted by Gasteiger charge is 2.29. The number of nitrogens with zero attached hydrogens (tertiary/aromatic N) is 2. The number of aromatic nitrogens is 2. The number of hydrogen-bond donors (Lipinski definition) is 3. The van der Waals surface area contributed by atoms with E-state index >= 15 is 0 Å². The van der Waals surface area contributed by atoms with Gasteiger partial charge in [-0.2, -0.15) is 5.10 Å². The number of fused-ring (bicyclic) bond motifs is 2. The predicted molar refractivity (Wildman–Crippen MR) is 112 cm³/mol. The zero-order valence-electron chi connectivity index (χ0n) is 16.6. The van der Waals surface area contributed by atoms with E-state index in [1.807, 2.05) is 29.6 Å². The number of hydrogen-bond acceptors (Lipinski definition) is 5. The Bertz CT molecular complexity index is 1220. The molecule has 0 saturated carbocycles. The first-order valence-electron chi connectivity index (χ1n) is 9.49. The largest absolute Gasteiger partial charge is 0.497 e. The fourth-order valence-electron chi connectivity index (χ4n) is 3.46. The number of rotatable bonds is 5. The van der Waals surface area contributed by atoms with Crippen molar-refractivity contribution < 1.29 is 19.1 Å². The number of amides is 4. The summed E-state index contributed by atoms with van der Waals surface area (Å²) in [5.74, 6) is 6.48. The molecule has 0 fully saturated rings. The zero-order chi connectivity index (χ0) is 21.8. The van der Waals surface area contributed by atoms with Crippen molar-refractivity contribution in [3.63, 3.8) is 0 Å². The third kappa shape index (κ3) is 4.18. The summed E-state index contributed by atoms with van der Waals surface area (Å²) < 4.78 is 5.20. The van der Waals surface area contributed by atoms with Crippen LogP contribution < -0.4 is 15.4 Å². The van der Waals surface area contributed by atoms with Gasteiger partial charge in [0, 0.05) is 23.1 Å². The van der Waals surface area contributed by atoms with Gasteiger partial charge in [0.2, 0.25) is 6.41 Å². The molecule has 3 N–H and O–H groups in total. The number of ether oxygens (including phenoxy) is 1. The minimum absolute atomic E-state index is 0.149. The SMILES string of the molecule is COc1ccc2c(c1)C(=O)N(C[C@@H](C#Cc1cccc3[nH]ncc13)NC(=O)NC=O)C2. The highest BCUT2D eigenvalue weighted by molar-refractivity contribution is 5.98. The van der Waals surface area contributed by atoms with Gasteiger partial charge in [-0.05, 0) is 29.8 Å². The van der Waals surface area contributed by atoms with E-state index in [1.165, 1.54) is 0 Å². The maximum absolute atomic E-state index is 12.9. The molecule has 9 heteroatoms. The molecule has 1 aliphatic rings. The minimum atomic E-state index is -0.706. The molecule has 0 bridgehead atoms. The molecule has 4 amide bonds. The van der Waals surface area contributed by atoms with Crippen LogP contribution in [0.5, 0.6) is 5.75 Å². The van der Waals surface area contributed by atoms with Crippen LogP contribution in [0.1, 0.15) is 21.5 Å². The molecular weight excluding hydrogens is 398 g/mol. The first-order chi connectivity index (χ1) is 15.1. The molecular formula is C22H19N5O4. The highest BCUT2D eigenvalue weighted by atomic mass is 16.5.